The minimum absolute atomic E-state index is 0.0259. The van der Waals surface area contributed by atoms with Crippen molar-refractivity contribution in [3.8, 4) is 34.7 Å². The number of fused-ring (bicyclic) bond motifs is 4. The van der Waals surface area contributed by atoms with Crippen LogP contribution in [0.1, 0.15) is 16.7 Å². The van der Waals surface area contributed by atoms with Gasteiger partial charge in [0, 0.05) is 21.3 Å². The zero-order chi connectivity index (χ0) is 23.5. The number of nitriles is 1. The molecule has 1 atom stereocenters. The van der Waals surface area contributed by atoms with Crippen LogP contribution in [0, 0.1) is 18.3 Å². The van der Waals surface area contributed by atoms with Crippen molar-refractivity contribution in [3.05, 3.63) is 63.0 Å². The number of anilines is 1. The van der Waals surface area contributed by atoms with Crippen molar-refractivity contribution in [1.82, 2.24) is 10.2 Å². The first kappa shape index (κ1) is 20.9. The Kier molecular flexibility index (Phi) is 4.61. The number of halogens is 1. The van der Waals surface area contributed by atoms with Crippen LogP contribution in [0.25, 0.3) is 11.3 Å². The third-order valence-corrected chi connectivity index (χ3v) is 7.04. The van der Waals surface area contributed by atoms with Gasteiger partial charge < -0.3 is 25.3 Å². The van der Waals surface area contributed by atoms with Gasteiger partial charge in [-0.3, -0.25) is 9.89 Å². The van der Waals surface area contributed by atoms with Crippen LogP contribution in [-0.2, 0) is 10.2 Å². The fourth-order valence-corrected chi connectivity index (χ4v) is 5.16. The Labute approximate surface area is 197 Å². The van der Waals surface area contributed by atoms with Crippen molar-refractivity contribution in [2.75, 3.05) is 19.5 Å². The molecule has 1 aromatic heterocycles. The number of H-pyrrole nitrogens is 1. The average Bonchev–Trinajstić information content (AvgIpc) is 3.36. The number of aryl methyl sites for hydroxylation is 1. The van der Waals surface area contributed by atoms with Crippen molar-refractivity contribution in [2.45, 2.75) is 12.3 Å². The number of methoxy groups -OCH3 is 2. The number of aromatic amines is 1. The smallest absolute Gasteiger partial charge is 0.245 e. The van der Waals surface area contributed by atoms with Crippen molar-refractivity contribution >= 4 is 27.5 Å². The summed E-state index contributed by atoms with van der Waals surface area (Å²) >= 11 is 3.64. The van der Waals surface area contributed by atoms with Gasteiger partial charge in [0.2, 0.25) is 17.7 Å². The van der Waals surface area contributed by atoms with Crippen LogP contribution < -0.4 is 25.3 Å². The van der Waals surface area contributed by atoms with Gasteiger partial charge in [-0.2, -0.15) is 5.26 Å². The third kappa shape index (κ3) is 2.63. The highest BCUT2D eigenvalue weighted by molar-refractivity contribution is 9.10. The van der Waals surface area contributed by atoms with E-state index in [-0.39, 0.29) is 17.3 Å². The van der Waals surface area contributed by atoms with E-state index in [4.69, 9.17) is 19.9 Å². The van der Waals surface area contributed by atoms with Crippen molar-refractivity contribution in [3.63, 3.8) is 0 Å². The first-order valence-corrected chi connectivity index (χ1v) is 10.7. The van der Waals surface area contributed by atoms with Crippen LogP contribution in [0.2, 0.25) is 0 Å². The van der Waals surface area contributed by atoms with Gasteiger partial charge in [0.1, 0.15) is 28.6 Å². The van der Waals surface area contributed by atoms with Crippen LogP contribution in [0.15, 0.2) is 46.3 Å². The number of carbonyl (C=O) groups is 1. The van der Waals surface area contributed by atoms with Gasteiger partial charge in [0.25, 0.3) is 0 Å². The lowest BCUT2D eigenvalue weighted by Gasteiger charge is -2.32. The molecule has 3 heterocycles. The van der Waals surface area contributed by atoms with Crippen molar-refractivity contribution < 1.29 is 19.0 Å². The van der Waals surface area contributed by atoms with E-state index < -0.39 is 11.3 Å². The molecule has 3 aromatic rings. The molecule has 2 aromatic carbocycles. The second-order valence-corrected chi connectivity index (χ2v) is 8.41. The maximum Gasteiger partial charge on any atom is 0.245 e. The Balaban J connectivity index is 1.93. The van der Waals surface area contributed by atoms with Crippen LogP contribution in [0.3, 0.4) is 0 Å². The highest BCUT2D eigenvalue weighted by Gasteiger charge is 2.60. The summed E-state index contributed by atoms with van der Waals surface area (Å²) in [5.41, 5.74) is 7.94. The first-order valence-electron chi connectivity index (χ1n) is 9.88. The average molecular weight is 508 g/mol. The lowest BCUT2D eigenvalue weighted by atomic mass is 9.68. The molecule has 2 aliphatic heterocycles. The predicted molar refractivity (Wildman–Crippen MR) is 123 cm³/mol. The van der Waals surface area contributed by atoms with Crippen LogP contribution in [-0.4, -0.2) is 30.3 Å². The number of benzene rings is 2. The zero-order valence-corrected chi connectivity index (χ0v) is 19.5. The summed E-state index contributed by atoms with van der Waals surface area (Å²) in [5.74, 6) is 0.571. The van der Waals surface area contributed by atoms with Crippen molar-refractivity contribution in [1.29, 1.82) is 5.26 Å². The zero-order valence-electron chi connectivity index (χ0n) is 17.9. The van der Waals surface area contributed by atoms with Crippen LogP contribution in [0.4, 0.5) is 5.69 Å². The molecule has 0 saturated carbocycles. The van der Waals surface area contributed by atoms with Gasteiger partial charge in [0.15, 0.2) is 0 Å². The largest absolute Gasteiger partial charge is 0.497 e. The van der Waals surface area contributed by atoms with Gasteiger partial charge in [-0.25, -0.2) is 0 Å². The summed E-state index contributed by atoms with van der Waals surface area (Å²) in [4.78, 5) is 13.8. The summed E-state index contributed by atoms with van der Waals surface area (Å²) < 4.78 is 17.4. The number of nitrogens with one attached hydrogen (secondary N) is 2. The number of hydrogen-bond donors (Lipinski definition) is 3. The summed E-state index contributed by atoms with van der Waals surface area (Å²) in [6.07, 6.45) is 0. The molecule has 9 nitrogen and oxygen atoms in total. The number of ether oxygens (including phenoxy) is 3. The SMILES string of the molecule is COc1ccc(OC)c(-c2[nH]nc3c2[C@@]2(C(=O)Nc4ccc(C)c(Br)c42)C(C#N)=C(N)O3)c1. The second kappa shape index (κ2) is 7.28. The van der Waals surface area contributed by atoms with Gasteiger partial charge in [-0.15, -0.1) is 5.10 Å². The van der Waals surface area contributed by atoms with E-state index in [1.54, 1.807) is 31.4 Å². The number of hydrogen-bond acceptors (Lipinski definition) is 7. The van der Waals surface area contributed by atoms with E-state index in [0.29, 0.717) is 44.0 Å². The molecule has 166 valence electrons. The molecule has 2 aliphatic rings. The Hall–Kier alpha value is -3.97. The number of aromatic nitrogens is 2. The third-order valence-electron chi connectivity index (χ3n) is 6.02. The Morgan fingerprint density at radius 1 is 1.21 bits per heavy atom. The molecule has 5 rings (SSSR count). The van der Waals surface area contributed by atoms with E-state index in [1.807, 2.05) is 13.0 Å². The fraction of sp³-hybridized carbons (Fsp3) is 0.174. The molecule has 1 spiro atoms. The molecule has 0 bridgehead atoms. The fourth-order valence-electron chi connectivity index (χ4n) is 4.51. The van der Waals surface area contributed by atoms with Crippen LogP contribution >= 0.6 is 15.9 Å². The molecule has 0 radical (unpaired) electrons. The van der Waals surface area contributed by atoms with Crippen LogP contribution in [0.5, 0.6) is 17.4 Å². The number of nitrogens with zero attached hydrogens (tertiary/aromatic N) is 2. The highest BCUT2D eigenvalue weighted by atomic mass is 79.9. The Bertz CT molecular complexity index is 1420. The maximum atomic E-state index is 13.8. The summed E-state index contributed by atoms with van der Waals surface area (Å²) in [6, 6.07) is 11.1. The molecule has 10 heteroatoms. The van der Waals surface area contributed by atoms with Gasteiger partial charge in [0.05, 0.1) is 25.5 Å². The number of carbonyl (C=O) groups excluding carboxylic acids is 1. The molecule has 0 aliphatic carbocycles. The molecule has 0 unspecified atom stereocenters. The second-order valence-electron chi connectivity index (χ2n) is 7.62. The van der Waals surface area contributed by atoms with Gasteiger partial charge >= 0.3 is 0 Å². The predicted octanol–water partition coefficient (Wildman–Crippen LogP) is 3.49. The van der Waals surface area contributed by atoms with Crippen molar-refractivity contribution in [2.24, 2.45) is 5.73 Å². The first-order chi connectivity index (χ1) is 15.9. The standard InChI is InChI=1S/C23H18BrN5O4/c1-10-4-6-14-16(18(10)24)23(22(30)27-14)13(9-25)20(26)33-21-17(23)19(28-29-21)12-8-11(31-2)5-7-15(12)32-3/h4-8H,26H2,1-3H3,(H,27,30)(H,28,29)/t23-/m1/s1. The number of rotatable bonds is 3. The summed E-state index contributed by atoms with van der Waals surface area (Å²) in [6.45, 7) is 1.90. The van der Waals surface area contributed by atoms with E-state index in [2.05, 4.69) is 37.5 Å². The Morgan fingerprint density at radius 3 is 2.70 bits per heavy atom. The van der Waals surface area contributed by atoms with E-state index in [1.165, 1.54) is 7.11 Å². The number of nitrogens with two attached hydrogens (primary N) is 1. The Morgan fingerprint density at radius 2 is 2.00 bits per heavy atom. The van der Waals surface area contributed by atoms with E-state index in [0.717, 1.165) is 5.56 Å². The van der Waals surface area contributed by atoms with Gasteiger partial charge in [-0.1, -0.05) is 22.0 Å². The molecule has 33 heavy (non-hydrogen) atoms. The van der Waals surface area contributed by atoms with E-state index in [9.17, 15) is 10.1 Å². The van der Waals surface area contributed by atoms with E-state index >= 15 is 0 Å². The summed E-state index contributed by atoms with van der Waals surface area (Å²) in [5, 5.41) is 20.3. The van der Waals surface area contributed by atoms with Gasteiger partial charge in [-0.05, 0) is 36.8 Å². The quantitative estimate of drug-likeness (QED) is 0.493. The minimum Gasteiger partial charge on any atom is -0.497 e. The normalized spacial score (nSPS) is 18.3. The molecular weight excluding hydrogens is 490 g/mol. The molecule has 0 fully saturated rings. The lowest BCUT2D eigenvalue weighted by molar-refractivity contribution is -0.118. The molecular formula is C23H18BrN5O4. The summed E-state index contributed by atoms with van der Waals surface area (Å²) in [7, 11) is 3.09. The topological polar surface area (TPSA) is 135 Å². The molecule has 4 N–H and O–H groups in total. The number of amides is 1. The lowest BCUT2D eigenvalue weighted by Crippen LogP contribution is -2.42. The monoisotopic (exact) mass is 507 g/mol. The highest BCUT2D eigenvalue weighted by Crippen LogP contribution is 2.58. The molecule has 0 saturated heterocycles. The maximum absolute atomic E-state index is 13.8. The minimum atomic E-state index is -1.59. The molecule has 1 amide bonds.